The van der Waals surface area contributed by atoms with Gasteiger partial charge in [-0.15, -0.1) is 5.10 Å². The lowest BCUT2D eigenvalue weighted by Gasteiger charge is -2.26. The summed E-state index contributed by atoms with van der Waals surface area (Å²) in [5, 5.41) is 33.8. The van der Waals surface area contributed by atoms with Crippen LogP contribution in [0, 0.1) is 20.2 Å². The van der Waals surface area contributed by atoms with Gasteiger partial charge in [-0.2, -0.15) is 9.78 Å². The number of rotatable bonds is 8. The van der Waals surface area contributed by atoms with E-state index in [1.165, 1.54) is 69.9 Å². The van der Waals surface area contributed by atoms with Crippen LogP contribution in [0.2, 0.25) is 0 Å². The number of nitro groups is 2. The maximum absolute atomic E-state index is 10.4. The van der Waals surface area contributed by atoms with E-state index in [2.05, 4.69) is 30.2 Å². The molecule has 0 bridgehead atoms. The largest absolute Gasteiger partial charge is 0.389 e. The fourth-order valence-electron chi connectivity index (χ4n) is 4.28. The standard InChI is InChI=1S/C10H16N4O2.C10H18N4.C3H3N3O2/c15-14(16)10-4-7-13(11-10)9-8-12-5-2-1-3-6-12;11-10-4-7-14(12-10)9-8-13-5-2-1-3-6-13;7-6(8)3-1-2-4-5-3/h4,7H,1-3,5-6,8-9H2;4,7H,1-3,5-6,8-9H2,(H2,11,12);1-2H,(H,4,5). The number of piperidine rings is 2. The predicted octanol–water partition coefficient (Wildman–Crippen LogP) is 2.55. The molecule has 3 aromatic rings. The number of likely N-dealkylation sites (tertiary alicyclic amines) is 2. The van der Waals surface area contributed by atoms with Crippen molar-refractivity contribution in [1.29, 1.82) is 0 Å². The highest BCUT2D eigenvalue weighted by Crippen LogP contribution is 2.10. The zero-order chi connectivity index (χ0) is 27.2. The summed E-state index contributed by atoms with van der Waals surface area (Å²) in [4.78, 5) is 24.1. The summed E-state index contributed by atoms with van der Waals surface area (Å²) in [5.74, 6) is 0.465. The van der Waals surface area contributed by atoms with E-state index >= 15 is 0 Å². The Morgan fingerprint density at radius 2 is 1.32 bits per heavy atom. The molecule has 0 aromatic carbocycles. The Kier molecular flexibility index (Phi) is 11.6. The second-order valence-corrected chi connectivity index (χ2v) is 9.20. The molecule has 5 heterocycles. The molecule has 0 radical (unpaired) electrons. The summed E-state index contributed by atoms with van der Waals surface area (Å²) in [6.07, 6.45) is 12.9. The van der Waals surface area contributed by atoms with E-state index in [1.807, 2.05) is 16.9 Å². The minimum absolute atomic E-state index is 0.0707. The van der Waals surface area contributed by atoms with Crippen LogP contribution in [-0.4, -0.2) is 88.7 Å². The quantitative estimate of drug-likeness (QED) is 0.323. The van der Waals surface area contributed by atoms with Crippen molar-refractivity contribution >= 4 is 17.5 Å². The van der Waals surface area contributed by atoms with Gasteiger partial charge >= 0.3 is 11.6 Å². The number of hydrogen-bond donors (Lipinski definition) is 2. The lowest BCUT2D eigenvalue weighted by Crippen LogP contribution is -2.32. The molecule has 5 rings (SSSR count). The third-order valence-corrected chi connectivity index (χ3v) is 6.35. The molecule has 0 amide bonds. The van der Waals surface area contributed by atoms with E-state index in [4.69, 9.17) is 5.73 Å². The van der Waals surface area contributed by atoms with Crippen molar-refractivity contribution in [2.45, 2.75) is 51.6 Å². The number of nitrogen functional groups attached to an aromatic ring is 1. The Morgan fingerprint density at radius 1 is 0.763 bits per heavy atom. The maximum atomic E-state index is 10.4. The van der Waals surface area contributed by atoms with Gasteiger partial charge in [-0.3, -0.25) is 4.68 Å². The molecule has 0 unspecified atom stereocenters. The van der Waals surface area contributed by atoms with Crippen LogP contribution in [0.3, 0.4) is 0 Å². The summed E-state index contributed by atoms with van der Waals surface area (Å²) >= 11 is 0. The van der Waals surface area contributed by atoms with Crippen LogP contribution < -0.4 is 5.73 Å². The summed E-state index contributed by atoms with van der Waals surface area (Å²) in [5.41, 5.74) is 5.54. The molecule has 0 aliphatic carbocycles. The summed E-state index contributed by atoms with van der Waals surface area (Å²) in [6, 6.07) is 4.58. The van der Waals surface area contributed by atoms with Gasteiger partial charge in [0.1, 0.15) is 5.82 Å². The first kappa shape index (κ1) is 28.7. The Hall–Kier alpha value is -3.85. The molecule has 2 aliphatic heterocycles. The fourth-order valence-corrected chi connectivity index (χ4v) is 4.28. The Bertz CT molecular complexity index is 1090. The molecule has 2 saturated heterocycles. The number of H-pyrrole nitrogens is 1. The molecule has 15 heteroatoms. The van der Waals surface area contributed by atoms with Crippen molar-refractivity contribution in [3.05, 3.63) is 57.0 Å². The minimum Gasteiger partial charge on any atom is -0.382 e. The second kappa shape index (κ2) is 15.4. The van der Waals surface area contributed by atoms with Gasteiger partial charge < -0.3 is 35.8 Å². The first-order valence-electron chi connectivity index (χ1n) is 13.0. The predicted molar refractivity (Wildman–Crippen MR) is 141 cm³/mol. The molecule has 2 fully saturated rings. The number of aromatic nitrogens is 6. The number of aromatic amines is 1. The Balaban J connectivity index is 0.000000166. The fraction of sp³-hybridized carbons (Fsp3) is 0.609. The molecule has 0 spiro atoms. The molecule has 3 N–H and O–H groups in total. The van der Waals surface area contributed by atoms with E-state index in [9.17, 15) is 20.2 Å². The molecule has 208 valence electrons. The van der Waals surface area contributed by atoms with Gasteiger partial charge in [0, 0.05) is 19.3 Å². The van der Waals surface area contributed by atoms with E-state index in [-0.39, 0.29) is 11.6 Å². The molecule has 38 heavy (non-hydrogen) atoms. The topological polar surface area (TPSA) is 183 Å². The molecular formula is C23H37N11O4. The van der Waals surface area contributed by atoms with Crippen LogP contribution in [0.5, 0.6) is 0 Å². The van der Waals surface area contributed by atoms with Crippen LogP contribution in [0.15, 0.2) is 36.8 Å². The lowest BCUT2D eigenvalue weighted by molar-refractivity contribution is -0.389. The summed E-state index contributed by atoms with van der Waals surface area (Å²) in [6.45, 7) is 8.49. The lowest BCUT2D eigenvalue weighted by atomic mass is 10.1. The molecular weight excluding hydrogens is 494 g/mol. The van der Waals surface area contributed by atoms with Gasteiger partial charge in [0.25, 0.3) is 0 Å². The monoisotopic (exact) mass is 531 g/mol. The second-order valence-electron chi connectivity index (χ2n) is 9.20. The third kappa shape index (κ3) is 10.3. The highest BCUT2D eigenvalue weighted by atomic mass is 16.6. The zero-order valence-electron chi connectivity index (χ0n) is 21.6. The van der Waals surface area contributed by atoms with Gasteiger partial charge in [-0.05, 0) is 67.8 Å². The SMILES string of the molecule is Nc1ccn(CCN2CCCCC2)n1.O=[N+]([O-])c1ccn(CCN2CCCCC2)n1.O=[N+]([O-])c1ccn[nH]1. The molecule has 0 saturated carbocycles. The van der Waals surface area contributed by atoms with E-state index in [1.54, 1.807) is 10.9 Å². The van der Waals surface area contributed by atoms with Gasteiger partial charge in [0.05, 0.1) is 42.7 Å². The average Bonchev–Trinajstić information content (AvgIpc) is 3.71. The Morgan fingerprint density at radius 3 is 1.71 bits per heavy atom. The van der Waals surface area contributed by atoms with E-state index in [0.29, 0.717) is 5.82 Å². The first-order valence-corrected chi connectivity index (χ1v) is 13.0. The minimum atomic E-state index is -0.535. The zero-order valence-corrected chi connectivity index (χ0v) is 21.6. The number of nitrogens with one attached hydrogen (secondary N) is 1. The van der Waals surface area contributed by atoms with E-state index < -0.39 is 9.85 Å². The van der Waals surface area contributed by atoms with Gasteiger partial charge in [-0.1, -0.05) is 17.9 Å². The molecule has 15 nitrogen and oxygen atoms in total. The van der Waals surface area contributed by atoms with Crippen LogP contribution in [0.4, 0.5) is 17.5 Å². The molecule has 2 aliphatic rings. The number of anilines is 1. The van der Waals surface area contributed by atoms with Gasteiger partial charge in [-0.25, -0.2) is 0 Å². The van der Waals surface area contributed by atoms with Crippen molar-refractivity contribution in [3.63, 3.8) is 0 Å². The van der Waals surface area contributed by atoms with Gasteiger partial charge in [0.15, 0.2) is 0 Å². The number of nitrogens with two attached hydrogens (primary N) is 1. The summed E-state index contributed by atoms with van der Waals surface area (Å²) in [7, 11) is 0. The van der Waals surface area contributed by atoms with Crippen LogP contribution in [0.1, 0.15) is 38.5 Å². The van der Waals surface area contributed by atoms with Crippen molar-refractivity contribution in [3.8, 4) is 0 Å². The smallest absolute Gasteiger partial charge is 0.382 e. The van der Waals surface area contributed by atoms with Crippen molar-refractivity contribution < 1.29 is 9.85 Å². The van der Waals surface area contributed by atoms with Gasteiger partial charge in [0.2, 0.25) is 0 Å². The van der Waals surface area contributed by atoms with Crippen LogP contribution in [-0.2, 0) is 13.1 Å². The maximum Gasteiger partial charge on any atom is 0.389 e. The highest BCUT2D eigenvalue weighted by Gasteiger charge is 2.13. The third-order valence-electron chi connectivity index (χ3n) is 6.35. The van der Waals surface area contributed by atoms with Crippen molar-refractivity contribution in [2.75, 3.05) is 45.0 Å². The van der Waals surface area contributed by atoms with Crippen LogP contribution >= 0.6 is 0 Å². The number of nitrogens with zero attached hydrogens (tertiary/aromatic N) is 9. The van der Waals surface area contributed by atoms with Crippen molar-refractivity contribution in [2.24, 2.45) is 0 Å². The first-order chi connectivity index (χ1) is 18.4. The molecule has 0 atom stereocenters. The highest BCUT2D eigenvalue weighted by molar-refractivity contribution is 5.23. The normalized spacial score (nSPS) is 16.1. The van der Waals surface area contributed by atoms with E-state index in [0.717, 1.165) is 39.3 Å². The summed E-state index contributed by atoms with van der Waals surface area (Å²) < 4.78 is 3.57. The Labute approximate surface area is 220 Å². The van der Waals surface area contributed by atoms with Crippen molar-refractivity contribution in [1.82, 2.24) is 39.6 Å². The van der Waals surface area contributed by atoms with Crippen LogP contribution in [0.25, 0.3) is 0 Å². The molecule has 3 aromatic heterocycles. The average molecular weight is 532 g/mol. The number of hydrogen-bond acceptors (Lipinski definition) is 10.